The van der Waals surface area contributed by atoms with Gasteiger partial charge in [0, 0.05) is 6.54 Å². The topological polar surface area (TPSA) is 84.4 Å². The van der Waals surface area contributed by atoms with Crippen molar-refractivity contribution in [3.05, 3.63) is 23.2 Å². The van der Waals surface area contributed by atoms with E-state index in [9.17, 15) is 0 Å². The second kappa shape index (κ2) is 8.99. The number of hydrazone groups is 1. The van der Waals surface area contributed by atoms with Gasteiger partial charge < -0.3 is 4.74 Å². The summed E-state index contributed by atoms with van der Waals surface area (Å²) in [5.74, 6) is 0.610. The Morgan fingerprint density at radius 1 is 1.26 bits per heavy atom. The highest BCUT2D eigenvalue weighted by Gasteiger charge is 2.10. The fraction of sp³-hybridized carbons (Fsp3) is 0.438. The summed E-state index contributed by atoms with van der Waals surface area (Å²) in [5.41, 5.74) is 2.95. The van der Waals surface area contributed by atoms with Crippen LogP contribution in [0.2, 0.25) is 5.02 Å². The number of nitriles is 2. The van der Waals surface area contributed by atoms with Gasteiger partial charge in [-0.2, -0.15) is 15.6 Å². The lowest BCUT2D eigenvalue weighted by Gasteiger charge is -2.26. The van der Waals surface area contributed by atoms with Crippen LogP contribution >= 0.6 is 11.6 Å². The number of nitrogens with zero attached hydrogens (tertiary/aromatic N) is 4. The maximum atomic E-state index is 8.61. The van der Waals surface area contributed by atoms with Gasteiger partial charge >= 0.3 is 0 Å². The Balaban J connectivity index is 1.85. The zero-order chi connectivity index (χ0) is 16.5. The molecule has 120 valence electrons. The Kier molecular flexibility index (Phi) is 6.68. The number of anilines is 1. The van der Waals surface area contributed by atoms with Crippen LogP contribution in [-0.4, -0.2) is 36.9 Å². The number of ether oxygens (including phenoxy) is 1. The first-order valence-electron chi connectivity index (χ1n) is 7.51. The van der Waals surface area contributed by atoms with Crippen LogP contribution in [0.15, 0.2) is 23.3 Å². The van der Waals surface area contributed by atoms with Gasteiger partial charge in [-0.15, -0.1) is 0 Å². The fourth-order valence-electron chi connectivity index (χ4n) is 2.35. The molecular weight excluding hydrogens is 314 g/mol. The second-order valence-corrected chi connectivity index (χ2v) is 5.60. The molecule has 1 fully saturated rings. The number of halogens is 1. The first-order valence-corrected chi connectivity index (χ1v) is 7.89. The van der Waals surface area contributed by atoms with Gasteiger partial charge in [0.2, 0.25) is 5.71 Å². The first-order chi connectivity index (χ1) is 11.2. The van der Waals surface area contributed by atoms with E-state index in [1.165, 1.54) is 19.3 Å². The molecule has 0 unspecified atom stereocenters. The Morgan fingerprint density at radius 2 is 2.00 bits per heavy atom. The smallest absolute Gasteiger partial charge is 0.237 e. The zero-order valence-electron chi connectivity index (χ0n) is 12.8. The van der Waals surface area contributed by atoms with Crippen LogP contribution in [0, 0.1) is 22.7 Å². The average molecular weight is 332 g/mol. The van der Waals surface area contributed by atoms with E-state index in [0.717, 1.165) is 19.6 Å². The standard InChI is InChI=1S/C16H18ClN5O/c17-15-10-13(20-21-14(11-18)12-19)4-5-16(15)23-9-8-22-6-2-1-3-7-22/h4-5,10,20H,1-3,6-9H2. The molecule has 1 aromatic rings. The lowest BCUT2D eigenvalue weighted by molar-refractivity contribution is 0.183. The summed E-state index contributed by atoms with van der Waals surface area (Å²) in [6.07, 6.45) is 3.84. The molecule has 0 spiro atoms. The molecule has 0 atom stereocenters. The molecule has 6 nitrogen and oxygen atoms in total. The minimum Gasteiger partial charge on any atom is -0.491 e. The average Bonchev–Trinajstić information content (AvgIpc) is 2.58. The van der Waals surface area contributed by atoms with Gasteiger partial charge in [-0.05, 0) is 44.1 Å². The van der Waals surface area contributed by atoms with Gasteiger partial charge in [-0.25, -0.2) is 0 Å². The third-order valence-corrected chi connectivity index (χ3v) is 3.85. The highest BCUT2D eigenvalue weighted by molar-refractivity contribution is 6.32. The monoisotopic (exact) mass is 331 g/mol. The molecule has 0 bridgehead atoms. The highest BCUT2D eigenvalue weighted by atomic mass is 35.5. The Labute approximate surface area is 140 Å². The second-order valence-electron chi connectivity index (χ2n) is 5.19. The fourth-order valence-corrected chi connectivity index (χ4v) is 2.59. The van der Waals surface area contributed by atoms with E-state index in [1.807, 2.05) is 0 Å². The number of hydrogen-bond donors (Lipinski definition) is 1. The van der Waals surface area contributed by atoms with Crippen LogP contribution in [0.3, 0.4) is 0 Å². The maximum absolute atomic E-state index is 8.61. The summed E-state index contributed by atoms with van der Waals surface area (Å²) >= 11 is 6.18. The predicted octanol–water partition coefficient (Wildman–Crippen LogP) is 3.02. The van der Waals surface area contributed by atoms with E-state index in [0.29, 0.717) is 23.1 Å². The van der Waals surface area contributed by atoms with E-state index in [4.69, 9.17) is 26.9 Å². The van der Waals surface area contributed by atoms with E-state index in [-0.39, 0.29) is 5.71 Å². The summed E-state index contributed by atoms with van der Waals surface area (Å²) in [4.78, 5) is 2.40. The molecule has 0 radical (unpaired) electrons. The van der Waals surface area contributed by atoms with Gasteiger partial charge in [0.15, 0.2) is 0 Å². The van der Waals surface area contributed by atoms with Gasteiger partial charge in [-0.1, -0.05) is 18.0 Å². The van der Waals surface area contributed by atoms with Crippen molar-refractivity contribution in [2.75, 3.05) is 31.7 Å². The van der Waals surface area contributed by atoms with Crippen molar-refractivity contribution < 1.29 is 4.74 Å². The normalized spacial score (nSPS) is 14.4. The molecule has 0 saturated carbocycles. The zero-order valence-corrected chi connectivity index (χ0v) is 13.5. The Bertz CT molecular complexity index is 625. The molecule has 1 saturated heterocycles. The first kappa shape index (κ1) is 17.1. The third-order valence-electron chi connectivity index (χ3n) is 3.55. The summed E-state index contributed by atoms with van der Waals surface area (Å²) in [6, 6.07) is 8.47. The molecule has 1 aliphatic rings. The molecule has 0 aromatic heterocycles. The van der Waals surface area contributed by atoms with E-state index >= 15 is 0 Å². The lowest BCUT2D eigenvalue weighted by Crippen LogP contribution is -2.33. The van der Waals surface area contributed by atoms with Crippen LogP contribution < -0.4 is 10.2 Å². The number of likely N-dealkylation sites (tertiary alicyclic amines) is 1. The van der Waals surface area contributed by atoms with Crippen molar-refractivity contribution in [2.24, 2.45) is 5.10 Å². The molecular formula is C16H18ClN5O. The van der Waals surface area contributed by atoms with Crippen molar-refractivity contribution in [1.82, 2.24) is 4.90 Å². The molecule has 1 aromatic carbocycles. The van der Waals surface area contributed by atoms with Crippen LogP contribution in [0.1, 0.15) is 19.3 Å². The number of hydrogen-bond acceptors (Lipinski definition) is 6. The SMILES string of the molecule is N#CC(C#N)=NNc1ccc(OCCN2CCCCC2)c(Cl)c1. The number of piperidine rings is 1. The van der Waals surface area contributed by atoms with Crippen molar-refractivity contribution in [1.29, 1.82) is 10.5 Å². The highest BCUT2D eigenvalue weighted by Crippen LogP contribution is 2.27. The molecule has 1 N–H and O–H groups in total. The Hall–Kier alpha value is -2.28. The van der Waals surface area contributed by atoms with Gasteiger partial charge in [0.1, 0.15) is 24.5 Å². The molecule has 0 aliphatic carbocycles. The molecule has 1 heterocycles. The number of benzene rings is 1. The predicted molar refractivity (Wildman–Crippen MR) is 89.5 cm³/mol. The van der Waals surface area contributed by atoms with Crippen LogP contribution in [0.5, 0.6) is 5.75 Å². The minimum absolute atomic E-state index is 0.247. The van der Waals surface area contributed by atoms with E-state index in [2.05, 4.69) is 15.4 Å². The van der Waals surface area contributed by atoms with Crippen LogP contribution in [0.25, 0.3) is 0 Å². The number of rotatable bonds is 6. The summed E-state index contributed by atoms with van der Waals surface area (Å²) in [7, 11) is 0. The van der Waals surface area contributed by atoms with Crippen molar-refractivity contribution in [3.8, 4) is 17.9 Å². The van der Waals surface area contributed by atoms with Crippen LogP contribution in [-0.2, 0) is 0 Å². The minimum atomic E-state index is -0.247. The van der Waals surface area contributed by atoms with Crippen molar-refractivity contribution in [2.45, 2.75) is 19.3 Å². The van der Waals surface area contributed by atoms with Gasteiger partial charge in [0.05, 0.1) is 10.7 Å². The molecule has 1 aliphatic heterocycles. The van der Waals surface area contributed by atoms with Crippen molar-refractivity contribution in [3.63, 3.8) is 0 Å². The van der Waals surface area contributed by atoms with E-state index < -0.39 is 0 Å². The third kappa shape index (κ3) is 5.45. The lowest BCUT2D eigenvalue weighted by atomic mass is 10.1. The summed E-state index contributed by atoms with van der Waals surface area (Å²) in [6.45, 7) is 3.77. The number of nitrogens with one attached hydrogen (secondary N) is 1. The molecule has 23 heavy (non-hydrogen) atoms. The van der Waals surface area contributed by atoms with Crippen molar-refractivity contribution >= 4 is 23.0 Å². The molecule has 2 rings (SSSR count). The molecule has 7 heteroatoms. The maximum Gasteiger partial charge on any atom is 0.237 e. The largest absolute Gasteiger partial charge is 0.491 e. The van der Waals surface area contributed by atoms with Gasteiger partial charge in [0.25, 0.3) is 0 Å². The Morgan fingerprint density at radius 3 is 2.65 bits per heavy atom. The quantitative estimate of drug-likeness (QED) is 0.639. The summed E-state index contributed by atoms with van der Waals surface area (Å²) in [5, 5.41) is 21.3. The van der Waals surface area contributed by atoms with Crippen LogP contribution in [0.4, 0.5) is 5.69 Å². The van der Waals surface area contributed by atoms with E-state index in [1.54, 1.807) is 30.3 Å². The summed E-state index contributed by atoms with van der Waals surface area (Å²) < 4.78 is 5.72. The van der Waals surface area contributed by atoms with Gasteiger partial charge in [-0.3, -0.25) is 10.3 Å². The molecule has 0 amide bonds.